The fourth-order valence-corrected chi connectivity index (χ4v) is 2.93. The molecule has 0 bridgehead atoms. The van der Waals surface area contributed by atoms with Crippen molar-refractivity contribution in [2.75, 3.05) is 20.1 Å². The van der Waals surface area contributed by atoms with E-state index in [1.54, 1.807) is 7.05 Å². The molecule has 0 saturated carbocycles. The van der Waals surface area contributed by atoms with Crippen molar-refractivity contribution in [2.45, 2.75) is 19.1 Å². The number of hydrogen-bond donors (Lipinski definition) is 1. The van der Waals surface area contributed by atoms with Gasteiger partial charge in [0.1, 0.15) is 9.88 Å². The van der Waals surface area contributed by atoms with Gasteiger partial charge in [-0.2, -0.15) is 13.2 Å². The topological polar surface area (TPSA) is 45.2 Å². The molecule has 1 aromatic heterocycles. The standard InChI is InChI=1S/C11H14F3N3OS/c1-15-10(18)7-2-3-17(5-7)6-9-16-4-8(19-9)11(12,13)14/h4,7H,2-3,5-6H2,1H3,(H,15,18)/t7-/m0/s1. The molecule has 1 aliphatic heterocycles. The highest BCUT2D eigenvalue weighted by Gasteiger charge is 2.34. The molecule has 0 aliphatic carbocycles. The molecular formula is C11H14F3N3OS. The first-order chi connectivity index (χ1) is 8.90. The van der Waals surface area contributed by atoms with Gasteiger partial charge >= 0.3 is 6.18 Å². The maximum Gasteiger partial charge on any atom is 0.427 e. The zero-order valence-electron chi connectivity index (χ0n) is 10.3. The van der Waals surface area contributed by atoms with E-state index in [-0.39, 0.29) is 11.8 Å². The van der Waals surface area contributed by atoms with Crippen molar-refractivity contribution in [3.8, 4) is 0 Å². The highest BCUT2D eigenvalue weighted by Crippen LogP contribution is 2.34. The van der Waals surface area contributed by atoms with Gasteiger partial charge in [-0.15, -0.1) is 11.3 Å². The maximum atomic E-state index is 12.4. The third kappa shape index (κ3) is 3.44. The molecule has 106 valence electrons. The Balaban J connectivity index is 1.92. The number of alkyl halides is 3. The van der Waals surface area contributed by atoms with Crippen LogP contribution in [0.4, 0.5) is 13.2 Å². The van der Waals surface area contributed by atoms with Crippen LogP contribution in [0.15, 0.2) is 6.20 Å². The zero-order chi connectivity index (χ0) is 14.0. The minimum Gasteiger partial charge on any atom is -0.359 e. The van der Waals surface area contributed by atoms with Gasteiger partial charge in [-0.25, -0.2) is 4.98 Å². The van der Waals surface area contributed by atoms with E-state index in [4.69, 9.17) is 0 Å². The van der Waals surface area contributed by atoms with E-state index in [1.165, 1.54) is 0 Å². The number of aromatic nitrogens is 1. The monoisotopic (exact) mass is 293 g/mol. The first kappa shape index (κ1) is 14.3. The molecule has 1 amide bonds. The summed E-state index contributed by atoms with van der Waals surface area (Å²) in [5.74, 6) is -0.0929. The molecular weight excluding hydrogens is 279 g/mol. The largest absolute Gasteiger partial charge is 0.427 e. The molecule has 0 aromatic carbocycles. The minimum atomic E-state index is -4.33. The number of hydrogen-bond acceptors (Lipinski definition) is 4. The van der Waals surface area contributed by atoms with Crippen LogP contribution in [0.1, 0.15) is 16.3 Å². The molecule has 1 fully saturated rings. The summed E-state index contributed by atoms with van der Waals surface area (Å²) in [5, 5.41) is 3.02. The summed E-state index contributed by atoms with van der Waals surface area (Å²) in [5.41, 5.74) is 0. The molecule has 19 heavy (non-hydrogen) atoms. The third-order valence-corrected chi connectivity index (χ3v) is 4.11. The smallest absolute Gasteiger partial charge is 0.359 e. The Hall–Kier alpha value is -1.15. The van der Waals surface area contributed by atoms with E-state index in [1.807, 2.05) is 4.90 Å². The average molecular weight is 293 g/mol. The van der Waals surface area contributed by atoms with Crippen LogP contribution in [-0.4, -0.2) is 35.9 Å². The first-order valence-electron chi connectivity index (χ1n) is 5.86. The quantitative estimate of drug-likeness (QED) is 0.923. The molecule has 0 radical (unpaired) electrons. The van der Waals surface area contributed by atoms with Crippen molar-refractivity contribution in [2.24, 2.45) is 5.92 Å². The van der Waals surface area contributed by atoms with Crippen LogP contribution < -0.4 is 5.32 Å². The van der Waals surface area contributed by atoms with Crippen molar-refractivity contribution in [3.05, 3.63) is 16.1 Å². The summed E-state index contributed by atoms with van der Waals surface area (Å²) in [7, 11) is 1.58. The molecule has 2 rings (SSSR count). The maximum absolute atomic E-state index is 12.4. The second kappa shape index (κ2) is 5.46. The van der Waals surface area contributed by atoms with Crippen molar-refractivity contribution >= 4 is 17.2 Å². The van der Waals surface area contributed by atoms with Gasteiger partial charge in [0.25, 0.3) is 0 Å². The summed E-state index contributed by atoms with van der Waals surface area (Å²) in [6.07, 6.45) is -2.73. The Labute approximate surface area is 112 Å². The average Bonchev–Trinajstić information content (AvgIpc) is 2.97. The molecule has 1 saturated heterocycles. The van der Waals surface area contributed by atoms with Gasteiger partial charge < -0.3 is 5.32 Å². The number of nitrogens with one attached hydrogen (secondary N) is 1. The third-order valence-electron chi connectivity index (χ3n) is 3.08. The van der Waals surface area contributed by atoms with Crippen LogP contribution in [0.2, 0.25) is 0 Å². The lowest BCUT2D eigenvalue weighted by atomic mass is 10.1. The van der Waals surface area contributed by atoms with Gasteiger partial charge in [0.15, 0.2) is 0 Å². The van der Waals surface area contributed by atoms with Gasteiger partial charge in [-0.3, -0.25) is 9.69 Å². The summed E-state index contributed by atoms with van der Waals surface area (Å²) in [6.45, 7) is 1.65. The predicted molar refractivity (Wildman–Crippen MR) is 64.6 cm³/mol. The predicted octanol–water partition coefficient (Wildman–Crippen LogP) is 1.73. The van der Waals surface area contributed by atoms with Gasteiger partial charge in [0.05, 0.1) is 18.7 Å². The van der Waals surface area contributed by atoms with E-state index in [0.717, 1.165) is 12.6 Å². The van der Waals surface area contributed by atoms with Crippen molar-refractivity contribution in [3.63, 3.8) is 0 Å². The number of amides is 1. The number of rotatable bonds is 3. The van der Waals surface area contributed by atoms with Crippen LogP contribution in [0.5, 0.6) is 0 Å². The van der Waals surface area contributed by atoms with Gasteiger partial charge in [0.2, 0.25) is 5.91 Å². The summed E-state index contributed by atoms with van der Waals surface area (Å²) in [6, 6.07) is 0. The lowest BCUT2D eigenvalue weighted by Gasteiger charge is -2.13. The molecule has 1 aliphatic rings. The Bertz CT molecular complexity index is 460. The molecule has 1 atom stereocenters. The summed E-state index contributed by atoms with van der Waals surface area (Å²) < 4.78 is 37.3. The lowest BCUT2D eigenvalue weighted by molar-refractivity contribution is -0.134. The second-order valence-electron chi connectivity index (χ2n) is 4.45. The van der Waals surface area contributed by atoms with Crippen molar-refractivity contribution in [1.82, 2.24) is 15.2 Å². The van der Waals surface area contributed by atoms with Crippen LogP contribution in [0.3, 0.4) is 0 Å². The molecule has 0 unspecified atom stereocenters. The molecule has 4 nitrogen and oxygen atoms in total. The Morgan fingerprint density at radius 2 is 2.37 bits per heavy atom. The Kier molecular flexibility index (Phi) is 4.10. The number of nitrogens with zero attached hydrogens (tertiary/aromatic N) is 2. The lowest BCUT2D eigenvalue weighted by Crippen LogP contribution is -2.29. The van der Waals surface area contributed by atoms with Crippen molar-refractivity contribution in [1.29, 1.82) is 0 Å². The van der Waals surface area contributed by atoms with Crippen molar-refractivity contribution < 1.29 is 18.0 Å². The van der Waals surface area contributed by atoms with Crippen LogP contribution in [0.25, 0.3) is 0 Å². The van der Waals surface area contributed by atoms with Crippen LogP contribution >= 0.6 is 11.3 Å². The second-order valence-corrected chi connectivity index (χ2v) is 5.57. The number of thiazole rings is 1. The van der Waals surface area contributed by atoms with Gasteiger partial charge in [0, 0.05) is 13.6 Å². The number of carbonyl (C=O) groups excluding carboxylic acids is 1. The van der Waals surface area contributed by atoms with Gasteiger partial charge in [-0.1, -0.05) is 0 Å². The number of halogens is 3. The van der Waals surface area contributed by atoms with E-state index < -0.39 is 11.1 Å². The van der Waals surface area contributed by atoms with E-state index in [0.29, 0.717) is 36.0 Å². The molecule has 2 heterocycles. The molecule has 1 aromatic rings. The van der Waals surface area contributed by atoms with E-state index in [2.05, 4.69) is 10.3 Å². The molecule has 8 heteroatoms. The highest BCUT2D eigenvalue weighted by molar-refractivity contribution is 7.11. The highest BCUT2D eigenvalue weighted by atomic mass is 32.1. The van der Waals surface area contributed by atoms with E-state index in [9.17, 15) is 18.0 Å². The molecule has 0 spiro atoms. The Morgan fingerprint density at radius 3 is 2.95 bits per heavy atom. The van der Waals surface area contributed by atoms with Gasteiger partial charge in [-0.05, 0) is 13.0 Å². The SMILES string of the molecule is CNC(=O)[C@H]1CCN(Cc2ncc(C(F)(F)F)s2)C1. The number of likely N-dealkylation sites (tertiary alicyclic amines) is 1. The normalized spacial score (nSPS) is 20.7. The number of carbonyl (C=O) groups is 1. The van der Waals surface area contributed by atoms with E-state index >= 15 is 0 Å². The first-order valence-corrected chi connectivity index (χ1v) is 6.67. The fraction of sp³-hybridized carbons (Fsp3) is 0.636. The van der Waals surface area contributed by atoms with Crippen LogP contribution in [0, 0.1) is 5.92 Å². The van der Waals surface area contributed by atoms with Crippen LogP contribution in [-0.2, 0) is 17.5 Å². The summed E-state index contributed by atoms with van der Waals surface area (Å²) >= 11 is 0.664. The minimum absolute atomic E-state index is 0.0161. The molecule has 1 N–H and O–H groups in total. The Morgan fingerprint density at radius 1 is 1.63 bits per heavy atom. The fourth-order valence-electron chi connectivity index (χ4n) is 2.10. The summed E-state index contributed by atoms with van der Waals surface area (Å²) in [4.78, 5) is 16.5. The zero-order valence-corrected chi connectivity index (χ0v) is 11.1.